The first-order valence-corrected chi connectivity index (χ1v) is 8.07. The molecule has 4 nitrogen and oxygen atoms in total. The van der Waals surface area contributed by atoms with Crippen LogP contribution in [0.4, 0.5) is 26.3 Å². The highest BCUT2D eigenvalue weighted by Crippen LogP contribution is 2.39. The maximum absolute atomic E-state index is 13.1. The van der Waals surface area contributed by atoms with Crippen LogP contribution in [0.2, 0.25) is 0 Å². The molecule has 0 fully saturated rings. The quantitative estimate of drug-likeness (QED) is 0.614. The fourth-order valence-electron chi connectivity index (χ4n) is 2.77. The highest BCUT2D eigenvalue weighted by molar-refractivity contribution is 6.09. The molecule has 0 aliphatic carbocycles. The highest BCUT2D eigenvalue weighted by atomic mass is 19.4. The van der Waals surface area contributed by atoms with Gasteiger partial charge in [0.15, 0.2) is 12.4 Å². The van der Waals surface area contributed by atoms with Gasteiger partial charge in [0, 0.05) is 10.9 Å². The number of primary amides is 1. The van der Waals surface area contributed by atoms with Gasteiger partial charge in [-0.15, -0.1) is 0 Å². The normalized spacial score (nSPS) is 12.2. The molecule has 1 heterocycles. The molecular formula is C19H12F6N2O2. The predicted molar refractivity (Wildman–Crippen MR) is 92.2 cm³/mol. The summed E-state index contributed by atoms with van der Waals surface area (Å²) in [6, 6.07) is 9.72. The Kier molecular flexibility index (Phi) is 5.12. The van der Waals surface area contributed by atoms with Crippen molar-refractivity contribution in [2.75, 3.05) is 6.61 Å². The average molecular weight is 414 g/mol. The summed E-state index contributed by atoms with van der Waals surface area (Å²) in [6.45, 7) is -1.78. The van der Waals surface area contributed by atoms with Crippen molar-refractivity contribution < 1.29 is 35.9 Å². The Balaban J connectivity index is 2.31. The zero-order valence-electron chi connectivity index (χ0n) is 14.4. The van der Waals surface area contributed by atoms with E-state index in [4.69, 9.17) is 10.5 Å². The third-order valence-corrected chi connectivity index (χ3v) is 3.94. The molecule has 2 N–H and O–H groups in total. The maximum Gasteiger partial charge on any atom is 0.422 e. The van der Waals surface area contributed by atoms with Crippen molar-refractivity contribution in [1.82, 2.24) is 4.98 Å². The van der Waals surface area contributed by atoms with E-state index in [2.05, 4.69) is 4.98 Å². The van der Waals surface area contributed by atoms with Crippen LogP contribution in [0, 0.1) is 0 Å². The van der Waals surface area contributed by atoms with E-state index in [1.54, 1.807) is 6.07 Å². The van der Waals surface area contributed by atoms with Crippen LogP contribution in [0.25, 0.3) is 22.2 Å². The number of hydrogen-bond acceptors (Lipinski definition) is 3. The van der Waals surface area contributed by atoms with Crippen LogP contribution >= 0.6 is 0 Å². The zero-order valence-corrected chi connectivity index (χ0v) is 14.4. The zero-order chi connectivity index (χ0) is 21.4. The molecule has 0 radical (unpaired) electrons. The number of rotatable bonds is 4. The summed E-state index contributed by atoms with van der Waals surface area (Å²) in [5.41, 5.74) is 3.56. The summed E-state index contributed by atoms with van der Waals surface area (Å²) in [4.78, 5) is 16.2. The van der Waals surface area contributed by atoms with Crippen molar-refractivity contribution in [2.45, 2.75) is 12.4 Å². The minimum Gasteiger partial charge on any atom is -0.481 e. The minimum absolute atomic E-state index is 0.118. The van der Waals surface area contributed by atoms with Crippen LogP contribution in [0.5, 0.6) is 5.75 Å². The maximum atomic E-state index is 13.1. The fraction of sp³-hybridized carbons (Fsp3) is 0.158. The molecule has 1 aromatic heterocycles. The molecule has 0 aliphatic rings. The Hall–Kier alpha value is -3.30. The van der Waals surface area contributed by atoms with Crippen LogP contribution in [0.15, 0.2) is 48.5 Å². The molecular weight excluding hydrogens is 402 g/mol. The number of nitrogens with zero attached hydrogens (tertiary/aromatic N) is 1. The van der Waals surface area contributed by atoms with Gasteiger partial charge in [0.05, 0.1) is 16.6 Å². The third kappa shape index (κ3) is 4.41. The molecule has 0 atom stereocenters. The number of carbonyl (C=O) groups is 1. The Morgan fingerprint density at radius 3 is 2.31 bits per heavy atom. The number of halogens is 6. The van der Waals surface area contributed by atoms with Crippen molar-refractivity contribution in [1.29, 1.82) is 0 Å². The largest absolute Gasteiger partial charge is 0.481 e. The molecule has 29 heavy (non-hydrogen) atoms. The molecule has 0 bridgehead atoms. The summed E-state index contributed by atoms with van der Waals surface area (Å²) in [5, 5.41) is 0.118. The first kappa shape index (κ1) is 20.4. The molecule has 3 aromatic rings. The van der Waals surface area contributed by atoms with Gasteiger partial charge in [0.1, 0.15) is 5.69 Å². The SMILES string of the molecule is NC(=O)c1c(OCC(F)(F)F)c(-c2cccc(C(F)(F)F)c2)nc2ccccc12. The van der Waals surface area contributed by atoms with Crippen molar-refractivity contribution in [3.05, 3.63) is 59.7 Å². The summed E-state index contributed by atoms with van der Waals surface area (Å²) < 4.78 is 82.2. The van der Waals surface area contributed by atoms with Crippen molar-refractivity contribution in [3.63, 3.8) is 0 Å². The van der Waals surface area contributed by atoms with Crippen LogP contribution in [0.3, 0.4) is 0 Å². The number of nitrogens with two attached hydrogens (primary N) is 1. The second kappa shape index (κ2) is 7.26. The topological polar surface area (TPSA) is 65.2 Å². The summed E-state index contributed by atoms with van der Waals surface area (Å²) in [5.74, 6) is -1.73. The van der Waals surface area contributed by atoms with E-state index >= 15 is 0 Å². The van der Waals surface area contributed by atoms with Gasteiger partial charge in [-0.1, -0.05) is 30.3 Å². The molecule has 3 rings (SSSR count). The molecule has 0 unspecified atom stereocenters. The number of amides is 1. The van der Waals surface area contributed by atoms with E-state index in [1.165, 1.54) is 24.3 Å². The average Bonchev–Trinajstić information content (AvgIpc) is 2.63. The summed E-state index contributed by atoms with van der Waals surface area (Å²) in [7, 11) is 0. The van der Waals surface area contributed by atoms with Gasteiger partial charge in [-0.25, -0.2) is 4.98 Å². The van der Waals surface area contributed by atoms with Gasteiger partial charge in [-0.2, -0.15) is 26.3 Å². The lowest BCUT2D eigenvalue weighted by Crippen LogP contribution is -2.22. The molecule has 0 saturated carbocycles. The van der Waals surface area contributed by atoms with Gasteiger partial charge in [-0.3, -0.25) is 4.79 Å². The number of benzene rings is 2. The number of hydrogen-bond donors (Lipinski definition) is 1. The molecule has 10 heteroatoms. The lowest BCUT2D eigenvalue weighted by molar-refractivity contribution is -0.153. The Bertz CT molecular complexity index is 1080. The third-order valence-electron chi connectivity index (χ3n) is 3.94. The van der Waals surface area contributed by atoms with Gasteiger partial charge in [0.25, 0.3) is 5.91 Å². The number of pyridine rings is 1. The standard InChI is InChI=1S/C19H12F6N2O2/c20-18(21,22)9-29-16-14(17(26)28)12-6-1-2-7-13(12)27-15(16)10-4-3-5-11(8-10)19(23,24)25/h1-8H,9H2,(H2,26,28). The number of fused-ring (bicyclic) bond motifs is 1. The second-order valence-electron chi connectivity index (χ2n) is 6.03. The lowest BCUT2D eigenvalue weighted by Gasteiger charge is -2.18. The lowest BCUT2D eigenvalue weighted by atomic mass is 10.0. The fourth-order valence-corrected chi connectivity index (χ4v) is 2.77. The Morgan fingerprint density at radius 2 is 1.69 bits per heavy atom. The second-order valence-corrected chi connectivity index (χ2v) is 6.03. The molecule has 0 saturated heterocycles. The smallest absolute Gasteiger partial charge is 0.422 e. The van der Waals surface area contributed by atoms with E-state index < -0.39 is 41.7 Å². The molecule has 152 valence electrons. The molecule has 0 aliphatic heterocycles. The van der Waals surface area contributed by atoms with Crippen LogP contribution < -0.4 is 10.5 Å². The Labute approximate surface area is 159 Å². The molecule has 0 spiro atoms. The number of para-hydroxylation sites is 1. The van der Waals surface area contributed by atoms with E-state index in [9.17, 15) is 31.1 Å². The molecule has 1 amide bonds. The number of alkyl halides is 6. The highest BCUT2D eigenvalue weighted by Gasteiger charge is 2.33. The first-order chi connectivity index (χ1) is 13.5. The number of carbonyl (C=O) groups excluding carboxylic acids is 1. The number of ether oxygens (including phenoxy) is 1. The van der Waals surface area contributed by atoms with Crippen molar-refractivity contribution in [2.24, 2.45) is 5.73 Å². The van der Waals surface area contributed by atoms with Crippen LogP contribution in [-0.4, -0.2) is 23.7 Å². The van der Waals surface area contributed by atoms with E-state index in [-0.39, 0.29) is 22.2 Å². The van der Waals surface area contributed by atoms with Crippen LogP contribution in [0.1, 0.15) is 15.9 Å². The number of aromatic nitrogens is 1. The minimum atomic E-state index is -4.76. The summed E-state index contributed by atoms with van der Waals surface area (Å²) in [6.07, 6.45) is -9.45. The first-order valence-electron chi connectivity index (χ1n) is 8.07. The van der Waals surface area contributed by atoms with E-state index in [0.717, 1.165) is 12.1 Å². The van der Waals surface area contributed by atoms with Crippen molar-refractivity contribution >= 4 is 16.8 Å². The van der Waals surface area contributed by atoms with Crippen LogP contribution in [-0.2, 0) is 6.18 Å². The van der Waals surface area contributed by atoms with Gasteiger partial charge in [-0.05, 0) is 18.2 Å². The van der Waals surface area contributed by atoms with Crippen molar-refractivity contribution in [3.8, 4) is 17.0 Å². The van der Waals surface area contributed by atoms with Gasteiger partial charge < -0.3 is 10.5 Å². The Morgan fingerprint density at radius 1 is 1.00 bits per heavy atom. The monoisotopic (exact) mass is 414 g/mol. The van der Waals surface area contributed by atoms with E-state index in [0.29, 0.717) is 6.07 Å². The predicted octanol–water partition coefficient (Wildman–Crippen LogP) is 4.96. The van der Waals surface area contributed by atoms with E-state index in [1.807, 2.05) is 0 Å². The summed E-state index contributed by atoms with van der Waals surface area (Å²) >= 11 is 0. The van der Waals surface area contributed by atoms with Gasteiger partial charge >= 0.3 is 12.4 Å². The van der Waals surface area contributed by atoms with Gasteiger partial charge in [0.2, 0.25) is 0 Å². The molecule has 2 aromatic carbocycles.